The molecule has 1 aromatic carbocycles. The van der Waals surface area contributed by atoms with Gasteiger partial charge in [-0.25, -0.2) is 0 Å². The van der Waals surface area contributed by atoms with Crippen molar-refractivity contribution in [2.75, 3.05) is 27.4 Å². The molecule has 3 heterocycles. The number of amides is 1. The largest absolute Gasteiger partial charge is 0.493 e. The number of aryl methyl sites for hydroxylation is 2. The number of benzene rings is 1. The van der Waals surface area contributed by atoms with E-state index in [2.05, 4.69) is 20.6 Å². The van der Waals surface area contributed by atoms with E-state index in [1.807, 2.05) is 6.07 Å². The third-order valence-corrected chi connectivity index (χ3v) is 4.80. The lowest BCUT2D eigenvalue weighted by Crippen LogP contribution is -2.28. The highest BCUT2D eigenvalue weighted by Gasteiger charge is 2.15. The maximum atomic E-state index is 12.2. The summed E-state index contributed by atoms with van der Waals surface area (Å²) in [5.41, 5.74) is 1.85. The first-order chi connectivity index (χ1) is 15.5. The number of rotatable bonds is 8. The normalized spacial score (nSPS) is 10.9. The topological polar surface area (TPSA) is 113 Å². The molecule has 0 saturated carbocycles. The molecule has 0 atom stereocenters. The molecule has 32 heavy (non-hydrogen) atoms. The standard InChI is InChI=1S/C22H23N5O5/c1-13-11-16(14(2)32-13)22(28)23-9-10-31-20-8-7-19-24-25-21(27(19)26-20)15-5-6-17(29-3)18(12-15)30-4/h5-8,11-12H,9-10H2,1-4H3,(H,23,28). The second kappa shape index (κ2) is 8.96. The zero-order chi connectivity index (χ0) is 22.7. The van der Waals surface area contributed by atoms with Crippen molar-refractivity contribution < 1.29 is 23.4 Å². The number of methoxy groups -OCH3 is 2. The van der Waals surface area contributed by atoms with Crippen LogP contribution in [0.1, 0.15) is 21.9 Å². The molecule has 0 aliphatic carbocycles. The van der Waals surface area contributed by atoms with Gasteiger partial charge in [0.2, 0.25) is 5.88 Å². The summed E-state index contributed by atoms with van der Waals surface area (Å²) < 4.78 is 23.3. The molecule has 0 aliphatic heterocycles. The van der Waals surface area contributed by atoms with Gasteiger partial charge in [-0.3, -0.25) is 4.79 Å². The highest BCUT2D eigenvalue weighted by atomic mass is 16.5. The molecule has 0 saturated heterocycles. The number of hydrogen-bond donors (Lipinski definition) is 1. The summed E-state index contributed by atoms with van der Waals surface area (Å²) in [6.07, 6.45) is 0. The van der Waals surface area contributed by atoms with Crippen molar-refractivity contribution in [3.8, 4) is 28.8 Å². The minimum atomic E-state index is -0.207. The first-order valence-electron chi connectivity index (χ1n) is 9.93. The summed E-state index contributed by atoms with van der Waals surface area (Å²) >= 11 is 0. The Balaban J connectivity index is 1.45. The molecule has 1 amide bonds. The molecule has 4 aromatic rings. The molecule has 0 radical (unpaired) electrons. The van der Waals surface area contributed by atoms with E-state index in [9.17, 15) is 4.79 Å². The molecule has 10 heteroatoms. The third-order valence-electron chi connectivity index (χ3n) is 4.80. The molecule has 166 valence electrons. The van der Waals surface area contributed by atoms with Gasteiger partial charge in [-0.05, 0) is 44.2 Å². The van der Waals surface area contributed by atoms with Gasteiger partial charge in [0.1, 0.15) is 18.1 Å². The smallest absolute Gasteiger partial charge is 0.254 e. The van der Waals surface area contributed by atoms with Crippen LogP contribution in [0.15, 0.2) is 40.8 Å². The van der Waals surface area contributed by atoms with Crippen LogP contribution in [-0.4, -0.2) is 53.1 Å². The van der Waals surface area contributed by atoms with Crippen molar-refractivity contribution in [2.45, 2.75) is 13.8 Å². The Morgan fingerprint density at radius 2 is 1.88 bits per heavy atom. The quantitative estimate of drug-likeness (QED) is 0.419. The summed E-state index contributed by atoms with van der Waals surface area (Å²) in [7, 11) is 3.15. The highest BCUT2D eigenvalue weighted by Crippen LogP contribution is 2.31. The van der Waals surface area contributed by atoms with Crippen molar-refractivity contribution in [1.82, 2.24) is 25.1 Å². The molecule has 0 aliphatic rings. The van der Waals surface area contributed by atoms with E-state index >= 15 is 0 Å². The Bertz CT molecular complexity index is 1260. The van der Waals surface area contributed by atoms with Crippen LogP contribution in [0.25, 0.3) is 17.0 Å². The van der Waals surface area contributed by atoms with Gasteiger partial charge in [-0.2, -0.15) is 4.52 Å². The van der Waals surface area contributed by atoms with Crippen LogP contribution in [-0.2, 0) is 0 Å². The summed E-state index contributed by atoms with van der Waals surface area (Å²) in [6.45, 7) is 4.11. The number of furan rings is 1. The van der Waals surface area contributed by atoms with Gasteiger partial charge in [0.15, 0.2) is 23.0 Å². The molecule has 0 bridgehead atoms. The van der Waals surface area contributed by atoms with Crippen molar-refractivity contribution in [3.63, 3.8) is 0 Å². The summed E-state index contributed by atoms with van der Waals surface area (Å²) in [6, 6.07) is 10.6. The number of ether oxygens (including phenoxy) is 3. The second-order valence-electron chi connectivity index (χ2n) is 6.97. The van der Waals surface area contributed by atoms with E-state index in [0.29, 0.717) is 52.5 Å². The molecule has 0 spiro atoms. The van der Waals surface area contributed by atoms with Gasteiger partial charge in [-0.1, -0.05) is 0 Å². The number of hydrogen-bond acceptors (Lipinski definition) is 8. The first kappa shape index (κ1) is 21.2. The molecule has 3 aromatic heterocycles. The van der Waals surface area contributed by atoms with Crippen LogP contribution in [0.2, 0.25) is 0 Å². The predicted molar refractivity (Wildman–Crippen MR) is 115 cm³/mol. The fourth-order valence-corrected chi connectivity index (χ4v) is 3.28. The number of nitrogens with one attached hydrogen (secondary N) is 1. The van der Waals surface area contributed by atoms with Gasteiger partial charge in [-0.15, -0.1) is 15.3 Å². The average molecular weight is 437 g/mol. The van der Waals surface area contributed by atoms with E-state index in [1.54, 1.807) is 62.9 Å². The van der Waals surface area contributed by atoms with Crippen molar-refractivity contribution in [2.24, 2.45) is 0 Å². The third kappa shape index (κ3) is 4.20. The second-order valence-corrected chi connectivity index (χ2v) is 6.97. The fraction of sp³-hybridized carbons (Fsp3) is 0.273. The van der Waals surface area contributed by atoms with E-state index in [0.717, 1.165) is 5.56 Å². The highest BCUT2D eigenvalue weighted by molar-refractivity contribution is 5.95. The fourth-order valence-electron chi connectivity index (χ4n) is 3.28. The van der Waals surface area contributed by atoms with Gasteiger partial charge in [0.25, 0.3) is 5.91 Å². The number of nitrogens with zero attached hydrogens (tertiary/aromatic N) is 4. The average Bonchev–Trinajstić information content (AvgIpc) is 3.38. The van der Waals surface area contributed by atoms with Gasteiger partial charge >= 0.3 is 0 Å². The van der Waals surface area contributed by atoms with E-state index in [1.165, 1.54) is 0 Å². The van der Waals surface area contributed by atoms with Gasteiger partial charge < -0.3 is 23.9 Å². The molecule has 0 fully saturated rings. The minimum Gasteiger partial charge on any atom is -0.493 e. The van der Waals surface area contributed by atoms with Crippen LogP contribution < -0.4 is 19.5 Å². The molecule has 4 rings (SSSR count). The molecular formula is C22H23N5O5. The lowest BCUT2D eigenvalue weighted by molar-refractivity contribution is 0.0945. The van der Waals surface area contributed by atoms with Gasteiger partial charge in [0.05, 0.1) is 26.3 Å². The Labute approximate surface area is 184 Å². The lowest BCUT2D eigenvalue weighted by Gasteiger charge is -2.09. The van der Waals surface area contributed by atoms with Crippen molar-refractivity contribution in [3.05, 3.63) is 53.5 Å². The number of carbonyl (C=O) groups is 1. The molecule has 0 unspecified atom stereocenters. The SMILES string of the molecule is COc1ccc(-c2nnc3ccc(OCCNC(=O)c4cc(C)oc4C)nn23)cc1OC. The van der Waals surface area contributed by atoms with Crippen LogP contribution in [0.5, 0.6) is 17.4 Å². The van der Waals surface area contributed by atoms with E-state index in [-0.39, 0.29) is 12.5 Å². The molecule has 10 nitrogen and oxygen atoms in total. The zero-order valence-corrected chi connectivity index (χ0v) is 18.2. The minimum absolute atomic E-state index is 0.207. The lowest BCUT2D eigenvalue weighted by atomic mass is 10.2. The van der Waals surface area contributed by atoms with Gasteiger partial charge in [0, 0.05) is 11.6 Å². The summed E-state index contributed by atoms with van der Waals surface area (Å²) in [5.74, 6) is 3.18. The monoisotopic (exact) mass is 437 g/mol. The van der Waals surface area contributed by atoms with E-state index < -0.39 is 0 Å². The van der Waals surface area contributed by atoms with E-state index in [4.69, 9.17) is 18.6 Å². The molecule has 1 N–H and O–H groups in total. The number of aromatic nitrogens is 4. The number of carbonyl (C=O) groups excluding carboxylic acids is 1. The van der Waals surface area contributed by atoms with Crippen LogP contribution in [0, 0.1) is 13.8 Å². The first-order valence-corrected chi connectivity index (χ1v) is 9.93. The van der Waals surface area contributed by atoms with Crippen LogP contribution in [0.4, 0.5) is 0 Å². The zero-order valence-electron chi connectivity index (χ0n) is 18.2. The Kier molecular flexibility index (Phi) is 5.93. The maximum absolute atomic E-state index is 12.2. The Morgan fingerprint density at radius 3 is 2.59 bits per heavy atom. The Hall–Kier alpha value is -4.08. The predicted octanol–water partition coefficient (Wildman–Crippen LogP) is 2.83. The van der Waals surface area contributed by atoms with Crippen LogP contribution >= 0.6 is 0 Å². The summed E-state index contributed by atoms with van der Waals surface area (Å²) in [4.78, 5) is 12.2. The number of fused-ring (bicyclic) bond motifs is 1. The molecular weight excluding hydrogens is 414 g/mol. The summed E-state index contributed by atoms with van der Waals surface area (Å²) in [5, 5.41) is 15.7. The maximum Gasteiger partial charge on any atom is 0.254 e. The van der Waals surface area contributed by atoms with Crippen LogP contribution in [0.3, 0.4) is 0 Å². The Morgan fingerprint density at radius 1 is 1.06 bits per heavy atom. The van der Waals surface area contributed by atoms with Crippen molar-refractivity contribution in [1.29, 1.82) is 0 Å². The van der Waals surface area contributed by atoms with Crippen molar-refractivity contribution >= 4 is 11.6 Å².